The summed E-state index contributed by atoms with van der Waals surface area (Å²) in [5.74, 6) is 9.66. The summed E-state index contributed by atoms with van der Waals surface area (Å²) < 4.78 is 0. The first-order chi connectivity index (χ1) is 14.0. The summed E-state index contributed by atoms with van der Waals surface area (Å²) in [5.41, 5.74) is 3.11. The number of rotatable bonds is 5. The minimum atomic E-state index is -1.37. The fourth-order valence-corrected chi connectivity index (χ4v) is 2.15. The zero-order valence-corrected chi connectivity index (χ0v) is 15.1. The van der Waals surface area contributed by atoms with E-state index in [0.29, 0.717) is 5.56 Å². The lowest BCUT2D eigenvalue weighted by Gasteiger charge is -2.16. The van der Waals surface area contributed by atoms with Crippen LogP contribution in [0.1, 0.15) is 21.5 Å². The molecule has 0 bridgehead atoms. The molecular formula is C21H17N3O5. The van der Waals surface area contributed by atoms with Gasteiger partial charge < -0.3 is 15.7 Å². The molecule has 146 valence electrons. The Morgan fingerprint density at radius 2 is 1.48 bits per heavy atom. The molecule has 5 N–H and O–H groups in total. The Labute approximate surface area is 166 Å². The predicted octanol–water partition coefficient (Wildman–Crippen LogP) is 0.961. The highest BCUT2D eigenvalue weighted by atomic mass is 16.5. The van der Waals surface area contributed by atoms with Gasteiger partial charge in [0.2, 0.25) is 0 Å². The molecular weight excluding hydrogens is 374 g/mol. The second kappa shape index (κ2) is 10.8. The number of amides is 3. The minimum absolute atomic E-state index is 0.233. The highest BCUT2D eigenvalue weighted by Gasteiger charge is 2.21. The third-order valence-electron chi connectivity index (χ3n) is 3.59. The van der Waals surface area contributed by atoms with Crippen molar-refractivity contribution in [3.63, 3.8) is 0 Å². The minimum Gasteiger partial charge on any atom is -0.465 e. The van der Waals surface area contributed by atoms with Crippen LogP contribution in [0, 0.1) is 23.7 Å². The van der Waals surface area contributed by atoms with Gasteiger partial charge in [-0.05, 0) is 48.2 Å². The summed E-state index contributed by atoms with van der Waals surface area (Å²) in [4.78, 5) is 34.4. The molecule has 0 fully saturated rings. The molecule has 1 atom stereocenters. The molecule has 2 aromatic carbocycles. The first-order valence-corrected chi connectivity index (χ1v) is 8.38. The third kappa shape index (κ3) is 7.10. The Bertz CT molecular complexity index is 996. The smallest absolute Gasteiger partial charge is 0.404 e. The number of nitrogens with one attached hydrogen (secondary N) is 3. The summed E-state index contributed by atoms with van der Waals surface area (Å²) in [5, 5.41) is 21.6. The summed E-state index contributed by atoms with van der Waals surface area (Å²) >= 11 is 0. The summed E-state index contributed by atoms with van der Waals surface area (Å²) in [6, 6.07) is 14.4. The lowest BCUT2D eigenvalue weighted by Crippen LogP contribution is -2.51. The predicted molar refractivity (Wildman–Crippen MR) is 104 cm³/mol. The van der Waals surface area contributed by atoms with Crippen LogP contribution in [0.3, 0.4) is 0 Å². The fraction of sp³-hybridized carbons (Fsp3) is 0.0952. The van der Waals surface area contributed by atoms with Crippen LogP contribution in [-0.4, -0.2) is 40.8 Å². The number of hydrogen-bond donors (Lipinski definition) is 5. The van der Waals surface area contributed by atoms with Crippen LogP contribution in [0.2, 0.25) is 0 Å². The van der Waals surface area contributed by atoms with Gasteiger partial charge in [0.05, 0.1) is 6.54 Å². The average molecular weight is 391 g/mol. The van der Waals surface area contributed by atoms with E-state index in [9.17, 15) is 14.4 Å². The Hall–Kier alpha value is -4.27. The molecule has 0 aliphatic heterocycles. The number of carbonyl (C=O) groups is 3. The molecule has 0 aliphatic rings. The van der Waals surface area contributed by atoms with Gasteiger partial charge in [-0.3, -0.25) is 14.8 Å². The Morgan fingerprint density at radius 3 is 2.03 bits per heavy atom. The van der Waals surface area contributed by atoms with Crippen molar-refractivity contribution in [1.82, 2.24) is 16.1 Å². The lowest BCUT2D eigenvalue weighted by molar-refractivity contribution is -0.131. The number of carbonyl (C=O) groups excluding carboxylic acids is 2. The van der Waals surface area contributed by atoms with Gasteiger partial charge in [-0.25, -0.2) is 10.3 Å². The van der Waals surface area contributed by atoms with Gasteiger partial charge in [0.25, 0.3) is 11.8 Å². The maximum Gasteiger partial charge on any atom is 0.404 e. The van der Waals surface area contributed by atoms with Gasteiger partial charge in [-0.2, -0.15) is 0 Å². The number of hydrogen-bond acceptors (Lipinski definition) is 4. The van der Waals surface area contributed by atoms with Crippen molar-refractivity contribution in [2.75, 3.05) is 6.54 Å². The molecule has 29 heavy (non-hydrogen) atoms. The molecule has 8 heteroatoms. The van der Waals surface area contributed by atoms with Crippen LogP contribution in [0.5, 0.6) is 0 Å². The topological polar surface area (TPSA) is 128 Å². The van der Waals surface area contributed by atoms with Crippen molar-refractivity contribution in [1.29, 1.82) is 0 Å². The first kappa shape index (κ1) is 21.0. The molecule has 0 radical (unpaired) electrons. The average Bonchev–Trinajstić information content (AvgIpc) is 2.74. The highest BCUT2D eigenvalue weighted by Crippen LogP contribution is 2.04. The van der Waals surface area contributed by atoms with E-state index in [0.717, 1.165) is 5.56 Å². The van der Waals surface area contributed by atoms with E-state index in [1.165, 1.54) is 17.6 Å². The summed E-state index contributed by atoms with van der Waals surface area (Å²) in [7, 11) is 0. The van der Waals surface area contributed by atoms with E-state index in [1.807, 2.05) is 35.6 Å². The number of hydroxylamine groups is 1. The molecule has 0 heterocycles. The van der Waals surface area contributed by atoms with Crippen LogP contribution in [-0.2, 0) is 4.79 Å². The fourth-order valence-electron chi connectivity index (χ4n) is 2.15. The van der Waals surface area contributed by atoms with E-state index < -0.39 is 30.5 Å². The standard InChI is InChI=1S/C21H17N3O5/c25-19(23-18(20(26)24-29)14-22-21(27)28)17-12-10-16(11-13-17)9-5-4-8-15-6-2-1-3-7-15/h1-3,6-7,10-13,18,22,29H,14H2,(H,23,25)(H,24,26)(H,27,28)/t18-/m0/s1. The van der Waals surface area contributed by atoms with Crippen LogP contribution in [0.15, 0.2) is 54.6 Å². The molecule has 0 saturated carbocycles. The Morgan fingerprint density at radius 1 is 0.897 bits per heavy atom. The van der Waals surface area contributed by atoms with Crippen LogP contribution in [0.25, 0.3) is 0 Å². The molecule has 0 aromatic heterocycles. The van der Waals surface area contributed by atoms with Crippen molar-refractivity contribution in [3.05, 3.63) is 71.3 Å². The van der Waals surface area contributed by atoms with Crippen molar-refractivity contribution in [2.45, 2.75) is 6.04 Å². The zero-order valence-electron chi connectivity index (χ0n) is 15.1. The quantitative estimate of drug-likeness (QED) is 0.295. The van der Waals surface area contributed by atoms with Gasteiger partial charge >= 0.3 is 6.09 Å². The van der Waals surface area contributed by atoms with Crippen molar-refractivity contribution >= 4 is 17.9 Å². The highest BCUT2D eigenvalue weighted by molar-refractivity contribution is 5.97. The van der Waals surface area contributed by atoms with E-state index in [1.54, 1.807) is 12.1 Å². The SMILES string of the molecule is O=C(O)NC[C@H](NC(=O)c1ccc(C#CC#Cc2ccccc2)cc1)C(=O)NO. The van der Waals surface area contributed by atoms with E-state index >= 15 is 0 Å². The maximum atomic E-state index is 12.2. The van der Waals surface area contributed by atoms with Gasteiger partial charge in [0.1, 0.15) is 6.04 Å². The third-order valence-corrected chi connectivity index (χ3v) is 3.59. The molecule has 3 amide bonds. The van der Waals surface area contributed by atoms with E-state index in [4.69, 9.17) is 10.3 Å². The maximum absolute atomic E-state index is 12.2. The molecule has 0 saturated heterocycles. The van der Waals surface area contributed by atoms with Crippen LogP contribution >= 0.6 is 0 Å². The van der Waals surface area contributed by atoms with Crippen molar-refractivity contribution in [3.8, 4) is 23.7 Å². The molecule has 0 aliphatic carbocycles. The van der Waals surface area contributed by atoms with Crippen molar-refractivity contribution in [2.24, 2.45) is 0 Å². The molecule has 0 unspecified atom stereocenters. The Balaban J connectivity index is 2.00. The lowest BCUT2D eigenvalue weighted by atomic mass is 10.1. The Kier molecular flexibility index (Phi) is 7.82. The number of carboxylic acid groups (broad SMARTS) is 1. The van der Waals surface area contributed by atoms with Gasteiger partial charge in [0, 0.05) is 16.7 Å². The largest absolute Gasteiger partial charge is 0.465 e. The van der Waals surface area contributed by atoms with Gasteiger partial charge in [-0.15, -0.1) is 0 Å². The molecule has 8 nitrogen and oxygen atoms in total. The number of benzene rings is 2. The summed E-state index contributed by atoms with van der Waals surface area (Å²) in [6.07, 6.45) is -1.37. The van der Waals surface area contributed by atoms with E-state index in [2.05, 4.69) is 29.0 Å². The van der Waals surface area contributed by atoms with Crippen molar-refractivity contribution < 1.29 is 24.7 Å². The molecule has 2 aromatic rings. The van der Waals surface area contributed by atoms with Crippen LogP contribution < -0.4 is 16.1 Å². The monoisotopic (exact) mass is 391 g/mol. The second-order valence-electron chi connectivity index (χ2n) is 5.63. The second-order valence-corrected chi connectivity index (χ2v) is 5.63. The van der Waals surface area contributed by atoms with E-state index in [-0.39, 0.29) is 5.56 Å². The van der Waals surface area contributed by atoms with Crippen LogP contribution in [0.4, 0.5) is 4.79 Å². The molecule has 2 rings (SSSR count). The van der Waals surface area contributed by atoms with Gasteiger partial charge in [0.15, 0.2) is 0 Å². The zero-order chi connectivity index (χ0) is 21.1. The van der Waals surface area contributed by atoms with Gasteiger partial charge in [-0.1, -0.05) is 30.0 Å². The summed E-state index contributed by atoms with van der Waals surface area (Å²) in [6.45, 7) is -0.406. The molecule has 0 spiro atoms. The normalized spacial score (nSPS) is 10.2. The first-order valence-electron chi connectivity index (χ1n) is 8.38.